The van der Waals surface area contributed by atoms with Crippen molar-refractivity contribution in [3.8, 4) is 0 Å². The second-order valence-electron chi connectivity index (χ2n) is 3.43. The summed E-state index contributed by atoms with van der Waals surface area (Å²) < 4.78 is 38.7. The Hall–Kier alpha value is -1.20. The minimum atomic E-state index is -4.19. The first-order valence-corrected chi connectivity index (χ1v) is 4.34. The van der Waals surface area contributed by atoms with E-state index >= 15 is 0 Å². The molecule has 2 rings (SSSR count). The van der Waals surface area contributed by atoms with Gasteiger partial charge in [-0.3, -0.25) is 0 Å². The minimum absolute atomic E-state index is 0.0618. The van der Waals surface area contributed by atoms with Gasteiger partial charge in [-0.2, -0.15) is 13.2 Å². The standard InChI is InChI=1S/C8H10F3N3/c1-5-4-14-3-2-6(8(9,10)11)13-7(14)12-5/h4,6H,2-3H2,1H3,(H,12,13). The van der Waals surface area contributed by atoms with E-state index in [0.717, 1.165) is 5.69 Å². The fourth-order valence-electron chi connectivity index (χ4n) is 1.57. The third-order valence-electron chi connectivity index (χ3n) is 2.25. The highest BCUT2D eigenvalue weighted by molar-refractivity contribution is 5.32. The maximum atomic E-state index is 12.3. The zero-order valence-electron chi connectivity index (χ0n) is 7.60. The van der Waals surface area contributed by atoms with Gasteiger partial charge in [0, 0.05) is 12.7 Å². The van der Waals surface area contributed by atoms with Crippen LogP contribution >= 0.6 is 0 Å². The molecule has 3 nitrogen and oxygen atoms in total. The molecular weight excluding hydrogens is 195 g/mol. The van der Waals surface area contributed by atoms with Crippen molar-refractivity contribution in [2.24, 2.45) is 0 Å². The highest BCUT2D eigenvalue weighted by Crippen LogP contribution is 2.29. The topological polar surface area (TPSA) is 29.9 Å². The van der Waals surface area contributed by atoms with E-state index in [1.807, 2.05) is 0 Å². The van der Waals surface area contributed by atoms with E-state index in [1.165, 1.54) is 0 Å². The zero-order valence-corrected chi connectivity index (χ0v) is 7.60. The van der Waals surface area contributed by atoms with E-state index in [1.54, 1.807) is 17.7 Å². The number of hydrogen-bond acceptors (Lipinski definition) is 2. The van der Waals surface area contributed by atoms with Crippen LogP contribution in [0.4, 0.5) is 19.1 Å². The Balaban J connectivity index is 2.21. The van der Waals surface area contributed by atoms with E-state index in [-0.39, 0.29) is 6.42 Å². The number of alkyl halides is 3. The average molecular weight is 205 g/mol. The van der Waals surface area contributed by atoms with E-state index < -0.39 is 12.2 Å². The third kappa shape index (κ3) is 1.56. The fourth-order valence-corrected chi connectivity index (χ4v) is 1.57. The summed E-state index contributed by atoms with van der Waals surface area (Å²) >= 11 is 0. The maximum absolute atomic E-state index is 12.3. The molecule has 0 fully saturated rings. The van der Waals surface area contributed by atoms with Crippen LogP contribution in [0.5, 0.6) is 0 Å². The lowest BCUT2D eigenvalue weighted by Gasteiger charge is -2.26. The molecular formula is C8H10F3N3. The first kappa shape index (κ1) is 9.36. The summed E-state index contributed by atoms with van der Waals surface area (Å²) in [5, 5.41) is 2.38. The Morgan fingerprint density at radius 3 is 2.93 bits per heavy atom. The van der Waals surface area contributed by atoms with Gasteiger partial charge in [0.25, 0.3) is 0 Å². The van der Waals surface area contributed by atoms with Crippen LogP contribution in [0.15, 0.2) is 6.20 Å². The fraction of sp³-hybridized carbons (Fsp3) is 0.625. The summed E-state index contributed by atoms with van der Waals surface area (Å²) in [7, 11) is 0. The highest BCUT2D eigenvalue weighted by atomic mass is 19.4. The van der Waals surface area contributed by atoms with Crippen LogP contribution in [0.3, 0.4) is 0 Å². The SMILES string of the molecule is Cc1cn2c(n1)NC(C(F)(F)F)CC2. The number of rotatable bonds is 0. The van der Waals surface area contributed by atoms with Crippen molar-refractivity contribution < 1.29 is 13.2 Å². The molecule has 0 spiro atoms. The number of fused-ring (bicyclic) bond motifs is 1. The average Bonchev–Trinajstić information content (AvgIpc) is 2.41. The smallest absolute Gasteiger partial charge is 0.344 e. The van der Waals surface area contributed by atoms with Crippen molar-refractivity contribution in [3.05, 3.63) is 11.9 Å². The Bertz CT molecular complexity index is 342. The van der Waals surface area contributed by atoms with Gasteiger partial charge in [0.2, 0.25) is 5.95 Å². The molecule has 0 saturated carbocycles. The summed E-state index contributed by atoms with van der Waals surface area (Å²) in [6.45, 7) is 2.13. The molecule has 78 valence electrons. The van der Waals surface area contributed by atoms with Crippen LogP contribution in [-0.4, -0.2) is 21.8 Å². The number of halogens is 3. The lowest BCUT2D eigenvalue weighted by Crippen LogP contribution is -2.40. The molecule has 0 amide bonds. The summed E-state index contributed by atoms with van der Waals surface area (Å²) in [5.74, 6) is 0.316. The van der Waals surface area contributed by atoms with E-state index in [4.69, 9.17) is 0 Å². The Labute approximate surface area is 78.9 Å². The molecule has 1 aliphatic heterocycles. The normalized spacial score (nSPS) is 21.6. The number of nitrogens with zero attached hydrogens (tertiary/aromatic N) is 2. The lowest BCUT2D eigenvalue weighted by atomic mass is 10.2. The molecule has 2 heterocycles. The van der Waals surface area contributed by atoms with Crippen molar-refractivity contribution in [1.82, 2.24) is 9.55 Å². The first-order valence-electron chi connectivity index (χ1n) is 4.34. The van der Waals surface area contributed by atoms with Crippen molar-refractivity contribution in [3.63, 3.8) is 0 Å². The lowest BCUT2D eigenvalue weighted by molar-refractivity contribution is -0.145. The van der Waals surface area contributed by atoms with E-state index in [9.17, 15) is 13.2 Å². The summed E-state index contributed by atoms with van der Waals surface area (Å²) in [6.07, 6.45) is -2.38. The Morgan fingerprint density at radius 1 is 1.57 bits per heavy atom. The number of nitrogens with one attached hydrogen (secondary N) is 1. The first-order chi connectivity index (χ1) is 6.47. The van der Waals surface area contributed by atoms with Gasteiger partial charge in [-0.25, -0.2) is 4.98 Å². The minimum Gasteiger partial charge on any atom is -0.344 e. The van der Waals surface area contributed by atoms with E-state index in [0.29, 0.717) is 12.5 Å². The predicted octanol–water partition coefficient (Wildman–Crippen LogP) is 1.94. The largest absolute Gasteiger partial charge is 0.408 e. The van der Waals surface area contributed by atoms with Gasteiger partial charge in [0.15, 0.2) is 0 Å². The molecule has 6 heteroatoms. The number of anilines is 1. The van der Waals surface area contributed by atoms with Crippen LogP contribution in [0, 0.1) is 6.92 Å². The molecule has 0 saturated heterocycles. The molecule has 1 aliphatic rings. The summed E-state index contributed by atoms with van der Waals surface area (Å²) in [4.78, 5) is 3.97. The van der Waals surface area contributed by atoms with Crippen LogP contribution < -0.4 is 5.32 Å². The van der Waals surface area contributed by atoms with Gasteiger partial charge in [0.1, 0.15) is 6.04 Å². The summed E-state index contributed by atoms with van der Waals surface area (Å²) in [6, 6.07) is -1.46. The van der Waals surface area contributed by atoms with Crippen molar-refractivity contribution in [2.45, 2.75) is 32.1 Å². The van der Waals surface area contributed by atoms with Crippen LogP contribution in [0.25, 0.3) is 0 Å². The summed E-state index contributed by atoms with van der Waals surface area (Å²) in [5.41, 5.74) is 0.732. The number of aromatic nitrogens is 2. The molecule has 14 heavy (non-hydrogen) atoms. The van der Waals surface area contributed by atoms with Crippen LogP contribution in [0.2, 0.25) is 0 Å². The van der Waals surface area contributed by atoms with Gasteiger partial charge in [-0.1, -0.05) is 0 Å². The zero-order chi connectivity index (χ0) is 10.3. The molecule has 1 N–H and O–H groups in total. The van der Waals surface area contributed by atoms with Crippen molar-refractivity contribution >= 4 is 5.95 Å². The van der Waals surface area contributed by atoms with Gasteiger partial charge < -0.3 is 9.88 Å². The number of aryl methyl sites for hydroxylation is 2. The molecule has 0 aliphatic carbocycles. The molecule has 1 atom stereocenters. The number of imidazole rings is 1. The Kier molecular flexibility index (Phi) is 1.94. The van der Waals surface area contributed by atoms with Gasteiger partial charge >= 0.3 is 6.18 Å². The highest BCUT2D eigenvalue weighted by Gasteiger charge is 2.41. The molecule has 0 radical (unpaired) electrons. The van der Waals surface area contributed by atoms with Crippen molar-refractivity contribution in [2.75, 3.05) is 5.32 Å². The molecule has 1 aromatic rings. The van der Waals surface area contributed by atoms with Crippen LogP contribution in [0.1, 0.15) is 12.1 Å². The monoisotopic (exact) mass is 205 g/mol. The quantitative estimate of drug-likeness (QED) is 0.701. The molecule has 1 unspecified atom stereocenters. The Morgan fingerprint density at radius 2 is 2.29 bits per heavy atom. The van der Waals surface area contributed by atoms with E-state index in [2.05, 4.69) is 10.3 Å². The maximum Gasteiger partial charge on any atom is 0.408 e. The second-order valence-corrected chi connectivity index (χ2v) is 3.43. The van der Waals surface area contributed by atoms with Gasteiger partial charge in [-0.15, -0.1) is 0 Å². The predicted molar refractivity (Wildman–Crippen MR) is 45.0 cm³/mol. The van der Waals surface area contributed by atoms with Gasteiger partial charge in [-0.05, 0) is 13.3 Å². The van der Waals surface area contributed by atoms with Gasteiger partial charge in [0.05, 0.1) is 5.69 Å². The second kappa shape index (κ2) is 2.90. The third-order valence-corrected chi connectivity index (χ3v) is 2.25. The number of hydrogen-bond donors (Lipinski definition) is 1. The molecule has 0 bridgehead atoms. The molecule has 1 aromatic heterocycles. The van der Waals surface area contributed by atoms with Crippen molar-refractivity contribution in [1.29, 1.82) is 0 Å². The molecule has 0 aromatic carbocycles. The van der Waals surface area contributed by atoms with Crippen LogP contribution in [-0.2, 0) is 6.54 Å².